The Labute approximate surface area is 218 Å². The van der Waals surface area contributed by atoms with E-state index in [1.807, 2.05) is 32.0 Å². The Morgan fingerprint density at radius 1 is 1.05 bits per heavy atom. The van der Waals surface area contributed by atoms with Crippen LogP contribution in [-0.4, -0.2) is 65.5 Å². The van der Waals surface area contributed by atoms with E-state index in [0.717, 1.165) is 18.7 Å². The number of nitrogens with zero attached hydrogens (tertiary/aromatic N) is 3. The number of nitrogens with one attached hydrogen (secondary N) is 1. The lowest BCUT2D eigenvalue weighted by Gasteiger charge is -2.20. The third-order valence-corrected chi connectivity index (χ3v) is 6.33. The molecular formula is C28H36N4O5. The maximum Gasteiger partial charge on any atom is 0.356 e. The zero-order chi connectivity index (χ0) is 27.1. The minimum absolute atomic E-state index is 0.0894. The number of carbonyl (C=O) groups is 2. The van der Waals surface area contributed by atoms with Gasteiger partial charge in [-0.1, -0.05) is 39.8 Å². The minimum Gasteiger partial charge on any atom is -0.496 e. The number of carboxylic acid groups (broad SMARTS) is 1. The molecule has 0 spiro atoms. The first kappa shape index (κ1) is 27.7. The first-order valence-corrected chi connectivity index (χ1v) is 12.4. The first-order valence-electron chi connectivity index (χ1n) is 12.4. The van der Waals surface area contributed by atoms with Crippen molar-refractivity contribution in [1.82, 2.24) is 14.7 Å². The Balaban J connectivity index is 2.13. The van der Waals surface area contributed by atoms with Crippen LogP contribution in [0.3, 0.4) is 0 Å². The lowest BCUT2D eigenvalue weighted by Crippen LogP contribution is -2.27. The molecule has 1 amide bonds. The molecule has 0 atom stereocenters. The van der Waals surface area contributed by atoms with Crippen LogP contribution >= 0.6 is 0 Å². The summed E-state index contributed by atoms with van der Waals surface area (Å²) in [5.74, 6) is -0.101. The van der Waals surface area contributed by atoms with Crippen LogP contribution in [0.15, 0.2) is 42.5 Å². The van der Waals surface area contributed by atoms with E-state index in [4.69, 9.17) is 9.47 Å². The van der Waals surface area contributed by atoms with Crippen LogP contribution in [0.5, 0.6) is 11.5 Å². The fraction of sp³-hybridized carbons (Fsp3) is 0.393. The Bertz CT molecular complexity index is 1230. The van der Waals surface area contributed by atoms with E-state index in [9.17, 15) is 14.7 Å². The summed E-state index contributed by atoms with van der Waals surface area (Å²) < 4.78 is 12.8. The van der Waals surface area contributed by atoms with Crippen molar-refractivity contribution >= 4 is 17.6 Å². The number of carboxylic acids is 1. The normalized spacial score (nSPS) is 11.1. The summed E-state index contributed by atoms with van der Waals surface area (Å²) in [7, 11) is 3.09. The van der Waals surface area contributed by atoms with E-state index in [2.05, 4.69) is 29.2 Å². The predicted octanol–water partition coefficient (Wildman–Crippen LogP) is 5.05. The van der Waals surface area contributed by atoms with E-state index in [0.29, 0.717) is 47.1 Å². The molecule has 1 aromatic heterocycles. The second-order valence-electron chi connectivity index (χ2n) is 8.92. The van der Waals surface area contributed by atoms with Gasteiger partial charge in [0.15, 0.2) is 5.69 Å². The molecule has 0 radical (unpaired) electrons. The summed E-state index contributed by atoms with van der Waals surface area (Å²) in [5.41, 5.74) is 3.17. The standard InChI is InChI=1S/C28H36N4O5/c1-7-31(8-2)15-14-26(33)29-19-12-13-20(18(3)4)22(16-19)32-23(17-21(30-32)28(34)35)27-24(36-5)10-9-11-25(27)37-6/h9-13,16-18H,7-8,14-15H2,1-6H3,(H,29,33)(H,34,35). The van der Waals surface area contributed by atoms with Gasteiger partial charge < -0.3 is 24.8 Å². The number of amides is 1. The molecule has 2 aromatic carbocycles. The first-order chi connectivity index (χ1) is 17.7. The van der Waals surface area contributed by atoms with Gasteiger partial charge in [-0.3, -0.25) is 4.79 Å². The number of hydrogen-bond donors (Lipinski definition) is 2. The number of benzene rings is 2. The summed E-state index contributed by atoms with van der Waals surface area (Å²) in [6.07, 6.45) is 0.373. The van der Waals surface area contributed by atoms with Gasteiger partial charge in [-0.05, 0) is 54.9 Å². The Kier molecular flexibility index (Phi) is 9.30. The molecule has 37 heavy (non-hydrogen) atoms. The van der Waals surface area contributed by atoms with Crippen molar-refractivity contribution in [3.8, 4) is 28.4 Å². The third kappa shape index (κ3) is 6.29. The van der Waals surface area contributed by atoms with Crippen molar-refractivity contribution in [3.63, 3.8) is 0 Å². The molecule has 3 aromatic rings. The van der Waals surface area contributed by atoms with E-state index >= 15 is 0 Å². The van der Waals surface area contributed by atoms with Crippen molar-refractivity contribution in [2.75, 3.05) is 39.2 Å². The Morgan fingerprint density at radius 2 is 1.70 bits per heavy atom. The predicted molar refractivity (Wildman–Crippen MR) is 144 cm³/mol. The van der Waals surface area contributed by atoms with Gasteiger partial charge in [0.25, 0.3) is 0 Å². The largest absolute Gasteiger partial charge is 0.496 e. The zero-order valence-electron chi connectivity index (χ0n) is 22.4. The molecule has 9 heteroatoms. The number of anilines is 1. The number of hydrogen-bond acceptors (Lipinski definition) is 6. The molecule has 9 nitrogen and oxygen atoms in total. The lowest BCUT2D eigenvalue weighted by molar-refractivity contribution is -0.116. The van der Waals surface area contributed by atoms with Gasteiger partial charge in [0, 0.05) is 18.7 Å². The highest BCUT2D eigenvalue weighted by molar-refractivity contribution is 5.92. The highest BCUT2D eigenvalue weighted by atomic mass is 16.5. The van der Waals surface area contributed by atoms with Crippen LogP contribution < -0.4 is 14.8 Å². The quantitative estimate of drug-likeness (QED) is 0.353. The van der Waals surface area contributed by atoms with Crippen molar-refractivity contribution < 1.29 is 24.2 Å². The molecule has 0 aliphatic rings. The monoisotopic (exact) mass is 508 g/mol. The van der Waals surface area contributed by atoms with Crippen LogP contribution in [0.1, 0.15) is 56.1 Å². The fourth-order valence-electron chi connectivity index (χ4n) is 4.27. The topological polar surface area (TPSA) is 106 Å². The molecule has 0 saturated heterocycles. The molecular weight excluding hydrogens is 472 g/mol. The SMILES string of the molecule is CCN(CC)CCC(=O)Nc1ccc(C(C)C)c(-n2nc(C(=O)O)cc2-c2c(OC)cccc2OC)c1. The third-order valence-electron chi connectivity index (χ3n) is 6.33. The minimum atomic E-state index is -1.15. The number of methoxy groups -OCH3 is 2. The van der Waals surface area contributed by atoms with Crippen molar-refractivity contribution in [2.45, 2.75) is 40.0 Å². The molecule has 0 fully saturated rings. The molecule has 0 bridgehead atoms. The number of carbonyl (C=O) groups excluding carboxylic acids is 1. The van der Waals surface area contributed by atoms with Gasteiger partial charge in [0.2, 0.25) is 5.91 Å². The Morgan fingerprint density at radius 3 is 2.24 bits per heavy atom. The van der Waals surface area contributed by atoms with E-state index < -0.39 is 5.97 Å². The highest BCUT2D eigenvalue weighted by Gasteiger charge is 2.24. The summed E-state index contributed by atoms with van der Waals surface area (Å²) in [4.78, 5) is 26.8. The number of aromatic carboxylic acids is 1. The molecule has 3 rings (SSSR count). The smallest absolute Gasteiger partial charge is 0.356 e. The van der Waals surface area contributed by atoms with Gasteiger partial charge >= 0.3 is 5.97 Å². The second kappa shape index (κ2) is 12.4. The lowest BCUT2D eigenvalue weighted by atomic mass is 10.00. The fourth-order valence-corrected chi connectivity index (χ4v) is 4.27. The Hall–Kier alpha value is -3.85. The number of ether oxygens (including phenoxy) is 2. The maximum absolute atomic E-state index is 12.7. The summed E-state index contributed by atoms with van der Waals surface area (Å²) in [6.45, 7) is 10.7. The molecule has 0 saturated carbocycles. The molecule has 1 heterocycles. The molecule has 2 N–H and O–H groups in total. The molecule has 198 valence electrons. The van der Waals surface area contributed by atoms with Crippen LogP contribution in [0.4, 0.5) is 5.69 Å². The summed E-state index contributed by atoms with van der Waals surface area (Å²) >= 11 is 0. The van der Waals surface area contributed by atoms with Gasteiger partial charge in [-0.25, -0.2) is 9.48 Å². The second-order valence-corrected chi connectivity index (χ2v) is 8.92. The van der Waals surface area contributed by atoms with Gasteiger partial charge in [0.1, 0.15) is 11.5 Å². The molecule has 0 aliphatic carbocycles. The highest BCUT2D eigenvalue weighted by Crippen LogP contribution is 2.40. The molecule has 0 unspecified atom stereocenters. The van der Waals surface area contributed by atoms with E-state index in [-0.39, 0.29) is 17.5 Å². The molecule has 0 aliphatic heterocycles. The van der Waals surface area contributed by atoms with E-state index in [1.165, 1.54) is 6.07 Å². The van der Waals surface area contributed by atoms with Crippen LogP contribution in [0, 0.1) is 0 Å². The average Bonchev–Trinajstić information content (AvgIpc) is 3.34. The zero-order valence-corrected chi connectivity index (χ0v) is 22.4. The van der Waals surface area contributed by atoms with Crippen LogP contribution in [-0.2, 0) is 4.79 Å². The number of aromatic nitrogens is 2. The van der Waals surface area contributed by atoms with Gasteiger partial charge in [-0.2, -0.15) is 5.10 Å². The average molecular weight is 509 g/mol. The van der Waals surface area contributed by atoms with Crippen LogP contribution in [0.2, 0.25) is 0 Å². The van der Waals surface area contributed by atoms with Crippen molar-refractivity contribution in [2.24, 2.45) is 0 Å². The number of rotatable bonds is 12. The van der Waals surface area contributed by atoms with Gasteiger partial charge in [-0.15, -0.1) is 0 Å². The van der Waals surface area contributed by atoms with Crippen molar-refractivity contribution in [1.29, 1.82) is 0 Å². The summed E-state index contributed by atoms with van der Waals surface area (Å²) in [6, 6.07) is 12.5. The maximum atomic E-state index is 12.7. The van der Waals surface area contributed by atoms with E-state index in [1.54, 1.807) is 37.1 Å². The summed E-state index contributed by atoms with van der Waals surface area (Å²) in [5, 5.41) is 17.2. The van der Waals surface area contributed by atoms with Gasteiger partial charge in [0.05, 0.1) is 31.2 Å². The van der Waals surface area contributed by atoms with Crippen LogP contribution in [0.25, 0.3) is 16.9 Å². The van der Waals surface area contributed by atoms with Crippen molar-refractivity contribution in [3.05, 3.63) is 53.7 Å².